The van der Waals surface area contributed by atoms with Crippen molar-refractivity contribution in [1.29, 1.82) is 0 Å². The van der Waals surface area contributed by atoms with Gasteiger partial charge in [-0.1, -0.05) is 18.2 Å². The Kier molecular flexibility index (Phi) is 6.46. The molecule has 29 heavy (non-hydrogen) atoms. The second-order valence-electron chi connectivity index (χ2n) is 8.07. The third-order valence-electron chi connectivity index (χ3n) is 5.97. The molecule has 2 fully saturated rings. The maximum Gasteiger partial charge on any atom is 0.220 e. The van der Waals surface area contributed by atoms with E-state index >= 15 is 0 Å². The molecule has 2 heterocycles. The summed E-state index contributed by atoms with van der Waals surface area (Å²) in [6.07, 6.45) is 7.65. The van der Waals surface area contributed by atoms with Crippen molar-refractivity contribution >= 4 is 11.6 Å². The molecule has 0 spiro atoms. The summed E-state index contributed by atoms with van der Waals surface area (Å²) in [6.45, 7) is 4.09. The molecule has 1 saturated heterocycles. The summed E-state index contributed by atoms with van der Waals surface area (Å²) >= 11 is 0. The zero-order valence-electron chi connectivity index (χ0n) is 16.7. The summed E-state index contributed by atoms with van der Waals surface area (Å²) in [5.41, 5.74) is 2.39. The number of hydrogen-bond acceptors (Lipinski definition) is 5. The fourth-order valence-corrected chi connectivity index (χ4v) is 4.48. The standard InChI is InChI=1S/C22H30N4O3/c27-21-14-17(15-25-8-7-23-16-25)13-19(21)24-22(28)6-5-18-3-1-2-4-20(18)26-9-11-29-12-10-26/h1-4,7-8,16-17,19,21,27H,5-6,9-15H2,(H,24,28)/t17?,19-,21-/m1/s1. The highest BCUT2D eigenvalue weighted by molar-refractivity contribution is 5.77. The van der Waals surface area contributed by atoms with Gasteiger partial charge in [0, 0.05) is 44.1 Å². The molecule has 1 aromatic carbocycles. The molecule has 1 amide bonds. The number of ether oxygens (including phenoxy) is 1. The van der Waals surface area contributed by atoms with Crippen LogP contribution in [0.4, 0.5) is 5.69 Å². The van der Waals surface area contributed by atoms with Gasteiger partial charge in [-0.05, 0) is 36.8 Å². The molecule has 2 aliphatic rings. The molecule has 7 heteroatoms. The first-order chi connectivity index (χ1) is 14.2. The van der Waals surface area contributed by atoms with E-state index in [0.717, 1.165) is 39.3 Å². The molecular weight excluding hydrogens is 368 g/mol. The van der Waals surface area contributed by atoms with Crippen LogP contribution < -0.4 is 10.2 Å². The summed E-state index contributed by atoms with van der Waals surface area (Å²) in [7, 11) is 0. The molecule has 2 aromatic rings. The van der Waals surface area contributed by atoms with E-state index in [1.54, 1.807) is 12.5 Å². The Labute approximate surface area is 171 Å². The molecular formula is C22H30N4O3. The summed E-state index contributed by atoms with van der Waals surface area (Å²) in [6, 6.07) is 8.14. The Bertz CT molecular complexity index is 789. The molecule has 1 saturated carbocycles. The average Bonchev–Trinajstić information content (AvgIpc) is 3.37. The predicted octanol–water partition coefficient (Wildman–Crippen LogP) is 1.61. The van der Waals surface area contributed by atoms with Gasteiger partial charge in [0.25, 0.3) is 0 Å². The Morgan fingerprint density at radius 1 is 1.24 bits per heavy atom. The van der Waals surface area contributed by atoms with Crippen LogP contribution >= 0.6 is 0 Å². The number of carbonyl (C=O) groups is 1. The highest BCUT2D eigenvalue weighted by atomic mass is 16.5. The smallest absolute Gasteiger partial charge is 0.220 e. The van der Waals surface area contributed by atoms with Gasteiger partial charge in [-0.25, -0.2) is 4.98 Å². The lowest BCUT2D eigenvalue weighted by atomic mass is 10.1. The first-order valence-corrected chi connectivity index (χ1v) is 10.5. The number of aryl methyl sites for hydroxylation is 1. The second kappa shape index (κ2) is 9.41. The highest BCUT2D eigenvalue weighted by Crippen LogP contribution is 2.28. The normalized spacial score (nSPS) is 24.6. The summed E-state index contributed by atoms with van der Waals surface area (Å²) in [5.74, 6) is 0.362. The minimum Gasteiger partial charge on any atom is -0.391 e. The van der Waals surface area contributed by atoms with Crippen LogP contribution in [0, 0.1) is 5.92 Å². The lowest BCUT2D eigenvalue weighted by Crippen LogP contribution is -2.40. The number of aliphatic hydroxyl groups is 1. The van der Waals surface area contributed by atoms with E-state index in [-0.39, 0.29) is 11.9 Å². The number of imidazole rings is 1. The fourth-order valence-electron chi connectivity index (χ4n) is 4.48. The molecule has 7 nitrogen and oxygen atoms in total. The number of morpholine rings is 1. The molecule has 1 aromatic heterocycles. The number of aromatic nitrogens is 2. The topological polar surface area (TPSA) is 79.6 Å². The third-order valence-corrected chi connectivity index (χ3v) is 5.97. The molecule has 1 aliphatic heterocycles. The minimum absolute atomic E-state index is 0.00844. The van der Waals surface area contributed by atoms with Gasteiger partial charge in [-0.15, -0.1) is 0 Å². The van der Waals surface area contributed by atoms with E-state index in [1.807, 2.05) is 22.9 Å². The molecule has 1 aliphatic carbocycles. The van der Waals surface area contributed by atoms with Crippen molar-refractivity contribution < 1.29 is 14.6 Å². The van der Waals surface area contributed by atoms with Gasteiger partial charge >= 0.3 is 0 Å². The quantitative estimate of drug-likeness (QED) is 0.741. The zero-order chi connectivity index (χ0) is 20.1. The number of nitrogens with zero attached hydrogens (tertiary/aromatic N) is 3. The van der Waals surface area contributed by atoms with Crippen LogP contribution in [0.5, 0.6) is 0 Å². The van der Waals surface area contributed by atoms with Gasteiger partial charge in [-0.3, -0.25) is 4.79 Å². The maximum atomic E-state index is 12.6. The Morgan fingerprint density at radius 3 is 2.86 bits per heavy atom. The number of carbonyl (C=O) groups excluding carboxylic acids is 1. The number of hydrogen-bond donors (Lipinski definition) is 2. The minimum atomic E-state index is -0.479. The van der Waals surface area contributed by atoms with E-state index in [2.05, 4.69) is 27.3 Å². The molecule has 1 unspecified atom stereocenters. The number of aliphatic hydroxyl groups excluding tert-OH is 1. The van der Waals surface area contributed by atoms with Gasteiger partial charge in [0.15, 0.2) is 0 Å². The Morgan fingerprint density at radius 2 is 2.07 bits per heavy atom. The number of rotatable bonds is 7. The summed E-state index contributed by atoms with van der Waals surface area (Å²) in [4.78, 5) is 19.0. The van der Waals surface area contributed by atoms with Crippen LogP contribution in [-0.2, 0) is 22.5 Å². The van der Waals surface area contributed by atoms with Gasteiger partial charge in [0.05, 0.1) is 31.7 Å². The van der Waals surface area contributed by atoms with E-state index < -0.39 is 6.10 Å². The largest absolute Gasteiger partial charge is 0.391 e. The summed E-state index contributed by atoms with van der Waals surface area (Å²) in [5, 5.41) is 13.4. The lowest BCUT2D eigenvalue weighted by Gasteiger charge is -2.30. The van der Waals surface area contributed by atoms with Crippen molar-refractivity contribution in [3.05, 3.63) is 48.5 Å². The molecule has 0 radical (unpaired) electrons. The number of benzene rings is 1. The first kappa shape index (κ1) is 19.9. The van der Waals surface area contributed by atoms with Crippen LogP contribution in [0.3, 0.4) is 0 Å². The van der Waals surface area contributed by atoms with Crippen molar-refractivity contribution in [2.24, 2.45) is 5.92 Å². The second-order valence-corrected chi connectivity index (χ2v) is 8.07. The summed E-state index contributed by atoms with van der Waals surface area (Å²) < 4.78 is 7.48. The van der Waals surface area contributed by atoms with Crippen LogP contribution in [0.2, 0.25) is 0 Å². The van der Waals surface area contributed by atoms with E-state index in [9.17, 15) is 9.90 Å². The predicted molar refractivity (Wildman–Crippen MR) is 111 cm³/mol. The number of amides is 1. The molecule has 4 rings (SSSR count). The first-order valence-electron chi connectivity index (χ1n) is 10.5. The molecule has 0 bridgehead atoms. The fraction of sp³-hybridized carbons (Fsp3) is 0.545. The van der Waals surface area contributed by atoms with E-state index in [4.69, 9.17) is 4.74 Å². The third kappa shape index (κ3) is 5.16. The zero-order valence-corrected chi connectivity index (χ0v) is 16.7. The van der Waals surface area contributed by atoms with Crippen LogP contribution in [-0.4, -0.2) is 59.0 Å². The Hall–Kier alpha value is -2.38. The van der Waals surface area contributed by atoms with Gasteiger partial charge in [-0.2, -0.15) is 0 Å². The Balaban J connectivity index is 1.28. The molecule has 156 valence electrons. The van der Waals surface area contributed by atoms with E-state index in [1.165, 1.54) is 11.3 Å². The SMILES string of the molecule is O=C(CCc1ccccc1N1CCOCC1)N[C@@H]1CC(Cn2ccnc2)C[C@H]1O. The van der Waals surface area contributed by atoms with Crippen molar-refractivity contribution in [3.63, 3.8) is 0 Å². The number of nitrogens with one attached hydrogen (secondary N) is 1. The lowest BCUT2D eigenvalue weighted by molar-refractivity contribution is -0.122. The van der Waals surface area contributed by atoms with Gasteiger partial charge in [0.2, 0.25) is 5.91 Å². The highest BCUT2D eigenvalue weighted by Gasteiger charge is 2.33. The van der Waals surface area contributed by atoms with Crippen molar-refractivity contribution in [1.82, 2.24) is 14.9 Å². The molecule has 3 atom stereocenters. The van der Waals surface area contributed by atoms with Crippen molar-refractivity contribution in [2.45, 2.75) is 44.4 Å². The monoisotopic (exact) mass is 398 g/mol. The van der Waals surface area contributed by atoms with Gasteiger partial charge in [0.1, 0.15) is 0 Å². The average molecular weight is 399 g/mol. The van der Waals surface area contributed by atoms with Crippen LogP contribution in [0.25, 0.3) is 0 Å². The maximum absolute atomic E-state index is 12.6. The molecule has 2 N–H and O–H groups in total. The van der Waals surface area contributed by atoms with Crippen molar-refractivity contribution in [2.75, 3.05) is 31.2 Å². The number of anilines is 1. The van der Waals surface area contributed by atoms with Crippen LogP contribution in [0.1, 0.15) is 24.8 Å². The van der Waals surface area contributed by atoms with Crippen molar-refractivity contribution in [3.8, 4) is 0 Å². The number of para-hydroxylation sites is 1. The van der Waals surface area contributed by atoms with Gasteiger partial charge < -0.3 is 24.6 Å². The van der Waals surface area contributed by atoms with Crippen LogP contribution in [0.15, 0.2) is 43.0 Å². The van der Waals surface area contributed by atoms with E-state index in [0.29, 0.717) is 25.2 Å².